The molecule has 2 N–H and O–H groups in total. The molecule has 1 saturated heterocycles. The van der Waals surface area contributed by atoms with E-state index in [4.69, 9.17) is 10.5 Å². The van der Waals surface area contributed by atoms with Crippen molar-refractivity contribution in [3.8, 4) is 0 Å². The molecular formula is C13H17N3O2. The number of hydrogen-bond acceptors (Lipinski definition) is 5. The van der Waals surface area contributed by atoms with E-state index in [1.165, 1.54) is 0 Å². The lowest BCUT2D eigenvalue weighted by Crippen LogP contribution is -2.37. The van der Waals surface area contributed by atoms with Crippen LogP contribution < -0.4 is 10.6 Å². The van der Waals surface area contributed by atoms with Gasteiger partial charge in [0, 0.05) is 30.8 Å². The number of nitrogens with zero attached hydrogens (tertiary/aromatic N) is 2. The standard InChI is InChI=1S/C13H17N3O2/c14-11-7-12(16-3-5-18-6-4-16)15-13(9-1-2-9)10(11)8-17/h7-9H,1-6H2,(H2,14,15). The van der Waals surface area contributed by atoms with Crippen molar-refractivity contribution in [2.75, 3.05) is 36.9 Å². The summed E-state index contributed by atoms with van der Waals surface area (Å²) in [5.41, 5.74) is 7.98. The second kappa shape index (κ2) is 4.57. The topological polar surface area (TPSA) is 68.4 Å². The predicted molar refractivity (Wildman–Crippen MR) is 69.0 cm³/mol. The molecule has 0 spiro atoms. The van der Waals surface area contributed by atoms with Crippen molar-refractivity contribution >= 4 is 17.8 Å². The van der Waals surface area contributed by atoms with Crippen molar-refractivity contribution < 1.29 is 9.53 Å². The fraction of sp³-hybridized carbons (Fsp3) is 0.538. The Morgan fingerprint density at radius 3 is 2.72 bits per heavy atom. The second-order valence-corrected chi connectivity index (χ2v) is 4.86. The number of carbonyl (C=O) groups excluding carboxylic acids is 1. The average Bonchev–Trinajstić information content (AvgIpc) is 3.23. The van der Waals surface area contributed by atoms with Crippen molar-refractivity contribution in [1.29, 1.82) is 0 Å². The fourth-order valence-corrected chi connectivity index (χ4v) is 2.33. The third-order valence-electron chi connectivity index (χ3n) is 3.52. The zero-order chi connectivity index (χ0) is 12.5. The number of ether oxygens (including phenoxy) is 1. The number of morpholine rings is 1. The number of hydrogen-bond donors (Lipinski definition) is 1. The Kier molecular flexibility index (Phi) is 2.91. The lowest BCUT2D eigenvalue weighted by atomic mass is 10.1. The minimum atomic E-state index is 0.425. The Labute approximate surface area is 106 Å². The molecule has 1 saturated carbocycles. The van der Waals surface area contributed by atoms with E-state index in [0.717, 1.165) is 56.9 Å². The van der Waals surface area contributed by atoms with Crippen LogP contribution in [0.5, 0.6) is 0 Å². The van der Waals surface area contributed by atoms with Crippen LogP contribution in [0.15, 0.2) is 6.07 Å². The Morgan fingerprint density at radius 1 is 1.39 bits per heavy atom. The van der Waals surface area contributed by atoms with Gasteiger partial charge in [-0.15, -0.1) is 0 Å². The largest absolute Gasteiger partial charge is 0.398 e. The number of rotatable bonds is 3. The molecule has 0 atom stereocenters. The summed E-state index contributed by atoms with van der Waals surface area (Å²) in [6.07, 6.45) is 3.05. The van der Waals surface area contributed by atoms with E-state index in [1.807, 2.05) is 0 Å². The maximum Gasteiger partial charge on any atom is 0.153 e. The summed E-state index contributed by atoms with van der Waals surface area (Å²) < 4.78 is 5.33. The Bertz CT molecular complexity index is 466. The summed E-state index contributed by atoms with van der Waals surface area (Å²) in [6.45, 7) is 3.10. The van der Waals surface area contributed by atoms with E-state index in [9.17, 15) is 4.79 Å². The molecule has 1 aromatic rings. The quantitative estimate of drug-likeness (QED) is 0.813. The van der Waals surface area contributed by atoms with Crippen LogP contribution >= 0.6 is 0 Å². The van der Waals surface area contributed by atoms with Gasteiger partial charge in [0.2, 0.25) is 0 Å². The van der Waals surface area contributed by atoms with Crippen LogP contribution in [0.2, 0.25) is 0 Å². The first kappa shape index (κ1) is 11.5. The van der Waals surface area contributed by atoms with Crippen molar-refractivity contribution in [3.05, 3.63) is 17.3 Å². The van der Waals surface area contributed by atoms with Crippen LogP contribution in [0.1, 0.15) is 34.8 Å². The molecule has 0 bridgehead atoms. The van der Waals surface area contributed by atoms with Gasteiger partial charge >= 0.3 is 0 Å². The van der Waals surface area contributed by atoms with Crippen molar-refractivity contribution in [2.45, 2.75) is 18.8 Å². The van der Waals surface area contributed by atoms with Gasteiger partial charge in [-0.25, -0.2) is 4.98 Å². The number of anilines is 2. The number of aromatic nitrogens is 1. The zero-order valence-corrected chi connectivity index (χ0v) is 10.3. The first-order valence-corrected chi connectivity index (χ1v) is 6.38. The number of carbonyl (C=O) groups is 1. The van der Waals surface area contributed by atoms with Crippen LogP contribution in [-0.4, -0.2) is 37.6 Å². The van der Waals surface area contributed by atoms with E-state index < -0.39 is 0 Å². The average molecular weight is 247 g/mol. The molecule has 96 valence electrons. The minimum absolute atomic E-state index is 0.425. The third-order valence-corrected chi connectivity index (χ3v) is 3.52. The van der Waals surface area contributed by atoms with Crippen molar-refractivity contribution in [3.63, 3.8) is 0 Å². The first-order chi connectivity index (χ1) is 8.79. The first-order valence-electron chi connectivity index (χ1n) is 6.38. The highest BCUT2D eigenvalue weighted by Gasteiger charge is 2.29. The normalized spacial score (nSPS) is 19.9. The van der Waals surface area contributed by atoms with Gasteiger partial charge < -0.3 is 15.4 Å². The van der Waals surface area contributed by atoms with Gasteiger partial charge in [0.25, 0.3) is 0 Å². The van der Waals surface area contributed by atoms with E-state index >= 15 is 0 Å². The molecule has 2 aliphatic rings. The molecule has 0 radical (unpaired) electrons. The monoisotopic (exact) mass is 247 g/mol. The molecule has 3 rings (SSSR count). The second-order valence-electron chi connectivity index (χ2n) is 4.86. The predicted octanol–water partition coefficient (Wildman–Crippen LogP) is 1.19. The van der Waals surface area contributed by atoms with Gasteiger partial charge in [-0.3, -0.25) is 4.79 Å². The van der Waals surface area contributed by atoms with Crippen LogP contribution in [0.4, 0.5) is 11.5 Å². The fourth-order valence-electron chi connectivity index (χ4n) is 2.33. The summed E-state index contributed by atoms with van der Waals surface area (Å²) in [4.78, 5) is 17.9. The molecule has 1 aliphatic carbocycles. The van der Waals surface area contributed by atoms with Crippen LogP contribution in [0.25, 0.3) is 0 Å². The molecular weight excluding hydrogens is 230 g/mol. The lowest BCUT2D eigenvalue weighted by molar-refractivity contribution is 0.112. The summed E-state index contributed by atoms with van der Waals surface area (Å²) in [5.74, 6) is 1.30. The van der Waals surface area contributed by atoms with Crippen molar-refractivity contribution in [1.82, 2.24) is 4.98 Å². The van der Waals surface area contributed by atoms with E-state index in [2.05, 4.69) is 9.88 Å². The number of aldehydes is 1. The highest BCUT2D eigenvalue weighted by molar-refractivity contribution is 5.86. The number of nitrogens with two attached hydrogens (primary N) is 1. The van der Waals surface area contributed by atoms with Gasteiger partial charge in [-0.05, 0) is 12.8 Å². The van der Waals surface area contributed by atoms with Crippen LogP contribution in [0.3, 0.4) is 0 Å². The zero-order valence-electron chi connectivity index (χ0n) is 10.3. The van der Waals surface area contributed by atoms with E-state index in [0.29, 0.717) is 17.2 Å². The molecule has 5 heteroatoms. The molecule has 0 amide bonds. The molecule has 0 unspecified atom stereocenters. The van der Waals surface area contributed by atoms with E-state index in [-0.39, 0.29) is 0 Å². The maximum atomic E-state index is 11.1. The summed E-state index contributed by atoms with van der Waals surface area (Å²) in [5, 5.41) is 0. The smallest absolute Gasteiger partial charge is 0.153 e. The molecule has 5 nitrogen and oxygen atoms in total. The molecule has 0 aromatic carbocycles. The number of pyridine rings is 1. The summed E-state index contributed by atoms with van der Waals surface area (Å²) in [6, 6.07) is 1.81. The number of nitrogen functional groups attached to an aromatic ring is 1. The van der Waals surface area contributed by atoms with Gasteiger partial charge in [-0.1, -0.05) is 0 Å². The van der Waals surface area contributed by atoms with Gasteiger partial charge in [-0.2, -0.15) is 0 Å². The lowest BCUT2D eigenvalue weighted by Gasteiger charge is -2.28. The highest BCUT2D eigenvalue weighted by Crippen LogP contribution is 2.42. The van der Waals surface area contributed by atoms with Crippen LogP contribution in [0, 0.1) is 0 Å². The Balaban J connectivity index is 1.97. The highest BCUT2D eigenvalue weighted by atomic mass is 16.5. The van der Waals surface area contributed by atoms with Gasteiger partial charge in [0.05, 0.1) is 24.5 Å². The van der Waals surface area contributed by atoms with Gasteiger partial charge in [0.1, 0.15) is 5.82 Å². The summed E-state index contributed by atoms with van der Waals surface area (Å²) >= 11 is 0. The molecule has 18 heavy (non-hydrogen) atoms. The minimum Gasteiger partial charge on any atom is -0.398 e. The molecule has 1 aromatic heterocycles. The Hall–Kier alpha value is -1.62. The van der Waals surface area contributed by atoms with Crippen LogP contribution in [-0.2, 0) is 4.74 Å². The molecule has 2 heterocycles. The van der Waals surface area contributed by atoms with E-state index in [1.54, 1.807) is 6.07 Å². The van der Waals surface area contributed by atoms with Gasteiger partial charge in [0.15, 0.2) is 6.29 Å². The molecule has 1 aliphatic heterocycles. The maximum absolute atomic E-state index is 11.1. The van der Waals surface area contributed by atoms with Crippen molar-refractivity contribution in [2.24, 2.45) is 0 Å². The Morgan fingerprint density at radius 2 is 2.11 bits per heavy atom. The SMILES string of the molecule is Nc1cc(N2CCOCC2)nc(C2CC2)c1C=O. The molecule has 2 fully saturated rings. The third kappa shape index (κ3) is 2.06. The summed E-state index contributed by atoms with van der Waals surface area (Å²) in [7, 11) is 0.